The Morgan fingerprint density at radius 3 is 2.63 bits per heavy atom. The van der Waals surface area contributed by atoms with Gasteiger partial charge in [0.25, 0.3) is 0 Å². The predicted octanol–water partition coefficient (Wildman–Crippen LogP) is 2.83. The lowest BCUT2D eigenvalue weighted by molar-refractivity contribution is 0.305. The van der Waals surface area contributed by atoms with Gasteiger partial charge < -0.3 is 10.1 Å². The van der Waals surface area contributed by atoms with Gasteiger partial charge in [0.15, 0.2) is 0 Å². The Balaban J connectivity index is 2.69. The molecule has 108 valence electrons. The Morgan fingerprint density at radius 2 is 2.05 bits per heavy atom. The minimum Gasteiger partial charge on any atom is -0.481 e. The highest BCUT2D eigenvalue weighted by atomic mass is 16.5. The first-order chi connectivity index (χ1) is 8.94. The van der Waals surface area contributed by atoms with Crippen molar-refractivity contribution in [2.75, 3.05) is 13.7 Å². The number of hydrogen-bond donors (Lipinski definition) is 1. The fourth-order valence-corrected chi connectivity index (χ4v) is 2.16. The molecule has 0 saturated heterocycles. The van der Waals surface area contributed by atoms with Gasteiger partial charge in [-0.2, -0.15) is 0 Å². The number of nitrogens with zero attached hydrogens (tertiary/aromatic N) is 2. The molecule has 1 heterocycles. The molecule has 0 fully saturated rings. The zero-order valence-corrected chi connectivity index (χ0v) is 12.9. The maximum atomic E-state index is 5.15. The van der Waals surface area contributed by atoms with Crippen LogP contribution in [0.5, 0.6) is 5.88 Å². The summed E-state index contributed by atoms with van der Waals surface area (Å²) in [5, 5.41) is 3.61. The summed E-state index contributed by atoms with van der Waals surface area (Å²) in [5.41, 5.74) is 1.34. The molecule has 0 radical (unpaired) electrons. The maximum absolute atomic E-state index is 5.15. The van der Waals surface area contributed by atoms with E-state index in [9.17, 15) is 0 Å². The number of nitrogens with one attached hydrogen (secondary N) is 1. The van der Waals surface area contributed by atoms with Crippen molar-refractivity contribution in [3.63, 3.8) is 0 Å². The van der Waals surface area contributed by atoms with E-state index in [4.69, 9.17) is 4.74 Å². The third kappa shape index (κ3) is 6.53. The van der Waals surface area contributed by atoms with Crippen LogP contribution in [0, 0.1) is 5.41 Å². The summed E-state index contributed by atoms with van der Waals surface area (Å²) in [5.74, 6) is 0.634. The van der Waals surface area contributed by atoms with E-state index in [1.54, 1.807) is 13.4 Å². The molecule has 1 rings (SSSR count). The summed E-state index contributed by atoms with van der Waals surface area (Å²) < 4.78 is 5.15. The summed E-state index contributed by atoms with van der Waals surface area (Å²) in [7, 11) is 1.63. The van der Waals surface area contributed by atoms with Crippen LogP contribution in [-0.2, 0) is 6.42 Å². The highest BCUT2D eigenvalue weighted by Crippen LogP contribution is 2.22. The van der Waals surface area contributed by atoms with Crippen molar-refractivity contribution in [3.05, 3.63) is 18.1 Å². The van der Waals surface area contributed by atoms with Crippen LogP contribution in [-0.4, -0.2) is 29.7 Å². The third-order valence-electron chi connectivity index (χ3n) is 2.91. The van der Waals surface area contributed by atoms with Crippen LogP contribution < -0.4 is 10.1 Å². The van der Waals surface area contributed by atoms with Crippen molar-refractivity contribution in [3.8, 4) is 5.88 Å². The topological polar surface area (TPSA) is 47.0 Å². The molecule has 1 aromatic rings. The van der Waals surface area contributed by atoms with Crippen LogP contribution >= 0.6 is 0 Å². The van der Waals surface area contributed by atoms with Crippen LogP contribution in [0.4, 0.5) is 0 Å². The Morgan fingerprint density at radius 1 is 1.32 bits per heavy atom. The first kappa shape index (κ1) is 15.9. The van der Waals surface area contributed by atoms with Gasteiger partial charge in [0.1, 0.15) is 6.33 Å². The molecule has 1 unspecified atom stereocenters. The van der Waals surface area contributed by atoms with Gasteiger partial charge in [0, 0.05) is 24.2 Å². The molecule has 0 saturated carbocycles. The van der Waals surface area contributed by atoms with E-state index < -0.39 is 0 Å². The normalized spacial score (nSPS) is 13.3. The average molecular weight is 265 g/mol. The van der Waals surface area contributed by atoms with E-state index in [1.165, 1.54) is 0 Å². The molecule has 0 spiro atoms. The fraction of sp³-hybridized carbons (Fsp3) is 0.733. The SMILES string of the molecule is CCCNC(Cc1cc(OC)ncn1)CC(C)(C)C. The molecule has 0 aliphatic heterocycles. The maximum Gasteiger partial charge on any atom is 0.216 e. The van der Waals surface area contributed by atoms with Crippen molar-refractivity contribution >= 4 is 0 Å². The second-order valence-corrected chi connectivity index (χ2v) is 6.17. The summed E-state index contributed by atoms with van der Waals surface area (Å²) in [6, 6.07) is 2.36. The van der Waals surface area contributed by atoms with E-state index in [1.807, 2.05) is 6.07 Å². The van der Waals surface area contributed by atoms with Gasteiger partial charge in [0.05, 0.1) is 7.11 Å². The highest BCUT2D eigenvalue weighted by Gasteiger charge is 2.19. The molecule has 0 aromatic carbocycles. The van der Waals surface area contributed by atoms with Crippen LogP contribution in [0.15, 0.2) is 12.4 Å². The lowest BCUT2D eigenvalue weighted by Gasteiger charge is -2.26. The highest BCUT2D eigenvalue weighted by molar-refractivity contribution is 5.14. The molecular formula is C15H27N3O. The first-order valence-electron chi connectivity index (χ1n) is 7.03. The van der Waals surface area contributed by atoms with Crippen molar-refractivity contribution in [1.82, 2.24) is 15.3 Å². The van der Waals surface area contributed by atoms with E-state index in [2.05, 4.69) is 43.0 Å². The first-order valence-corrected chi connectivity index (χ1v) is 7.03. The van der Waals surface area contributed by atoms with Crippen molar-refractivity contribution in [2.24, 2.45) is 5.41 Å². The summed E-state index contributed by atoms with van der Waals surface area (Å²) in [6.45, 7) is 10.0. The van der Waals surface area contributed by atoms with Crippen molar-refractivity contribution in [1.29, 1.82) is 0 Å². The van der Waals surface area contributed by atoms with E-state index in [-0.39, 0.29) is 0 Å². The molecule has 4 heteroatoms. The minimum atomic E-state index is 0.308. The molecule has 0 aliphatic carbocycles. The van der Waals surface area contributed by atoms with Crippen LogP contribution in [0.3, 0.4) is 0 Å². The molecule has 1 N–H and O–H groups in total. The zero-order valence-electron chi connectivity index (χ0n) is 12.9. The van der Waals surface area contributed by atoms with E-state index >= 15 is 0 Å². The standard InChI is InChI=1S/C15H27N3O/c1-6-7-16-13(10-15(2,3)4)8-12-9-14(19-5)18-11-17-12/h9,11,13,16H,6-8,10H2,1-5H3. The molecule has 0 amide bonds. The molecule has 4 nitrogen and oxygen atoms in total. The zero-order chi connectivity index (χ0) is 14.3. The molecule has 0 bridgehead atoms. The van der Waals surface area contributed by atoms with Gasteiger partial charge in [-0.25, -0.2) is 9.97 Å². The smallest absolute Gasteiger partial charge is 0.216 e. The lowest BCUT2D eigenvalue weighted by atomic mass is 9.86. The second kappa shape index (κ2) is 7.43. The monoisotopic (exact) mass is 265 g/mol. The molecule has 1 atom stereocenters. The van der Waals surface area contributed by atoms with Gasteiger partial charge in [-0.1, -0.05) is 27.7 Å². The summed E-state index contributed by atoms with van der Waals surface area (Å²) >= 11 is 0. The third-order valence-corrected chi connectivity index (χ3v) is 2.91. The Labute approximate surface area is 117 Å². The minimum absolute atomic E-state index is 0.308. The Hall–Kier alpha value is -1.16. The summed E-state index contributed by atoms with van der Waals surface area (Å²) in [6.07, 6.45) is 4.76. The van der Waals surface area contributed by atoms with Gasteiger partial charge >= 0.3 is 0 Å². The number of aromatic nitrogens is 2. The van der Waals surface area contributed by atoms with Gasteiger partial charge in [-0.05, 0) is 24.8 Å². The van der Waals surface area contributed by atoms with Crippen molar-refractivity contribution in [2.45, 2.75) is 53.0 Å². The predicted molar refractivity (Wildman–Crippen MR) is 78.4 cm³/mol. The number of ether oxygens (including phenoxy) is 1. The Kier molecular flexibility index (Phi) is 6.22. The Bertz CT molecular complexity index is 374. The van der Waals surface area contributed by atoms with Gasteiger partial charge in [-0.15, -0.1) is 0 Å². The number of hydrogen-bond acceptors (Lipinski definition) is 4. The second-order valence-electron chi connectivity index (χ2n) is 6.17. The molecular weight excluding hydrogens is 238 g/mol. The molecule has 0 aliphatic rings. The van der Waals surface area contributed by atoms with Gasteiger partial charge in [-0.3, -0.25) is 0 Å². The van der Waals surface area contributed by atoms with E-state index in [0.29, 0.717) is 17.3 Å². The number of rotatable bonds is 7. The number of methoxy groups -OCH3 is 1. The summed E-state index contributed by atoms with van der Waals surface area (Å²) in [4.78, 5) is 8.38. The van der Waals surface area contributed by atoms with Crippen LogP contribution in [0.25, 0.3) is 0 Å². The quantitative estimate of drug-likeness (QED) is 0.823. The average Bonchev–Trinajstić information content (AvgIpc) is 2.34. The molecule has 1 aromatic heterocycles. The van der Waals surface area contributed by atoms with E-state index in [0.717, 1.165) is 31.5 Å². The van der Waals surface area contributed by atoms with Crippen LogP contribution in [0.2, 0.25) is 0 Å². The largest absolute Gasteiger partial charge is 0.481 e. The fourth-order valence-electron chi connectivity index (χ4n) is 2.16. The molecule has 19 heavy (non-hydrogen) atoms. The lowest BCUT2D eigenvalue weighted by Crippen LogP contribution is -2.35. The van der Waals surface area contributed by atoms with Crippen LogP contribution in [0.1, 0.15) is 46.2 Å². The van der Waals surface area contributed by atoms with Crippen molar-refractivity contribution < 1.29 is 4.74 Å². The van der Waals surface area contributed by atoms with Gasteiger partial charge in [0.2, 0.25) is 5.88 Å².